The van der Waals surface area contributed by atoms with Gasteiger partial charge in [0.25, 0.3) is 0 Å². The van der Waals surface area contributed by atoms with Gasteiger partial charge in [0.15, 0.2) is 6.10 Å². The molecule has 1 unspecified atom stereocenters. The van der Waals surface area contributed by atoms with Crippen LogP contribution in [0.2, 0.25) is 0 Å². The molecule has 0 saturated heterocycles. The molecule has 0 aliphatic carbocycles. The van der Waals surface area contributed by atoms with Gasteiger partial charge < -0.3 is 14.2 Å². The molecule has 0 fully saturated rings. The lowest BCUT2D eigenvalue weighted by Gasteiger charge is -2.18. The average Bonchev–Trinajstić information content (AvgIpc) is 3.40. The van der Waals surface area contributed by atoms with Crippen molar-refractivity contribution < 1.29 is 28.6 Å². The molecular formula is C68H120O6. The molecule has 0 radical (unpaired) electrons. The van der Waals surface area contributed by atoms with Crippen LogP contribution >= 0.6 is 0 Å². The molecule has 0 amide bonds. The van der Waals surface area contributed by atoms with Gasteiger partial charge >= 0.3 is 17.9 Å². The van der Waals surface area contributed by atoms with Crippen molar-refractivity contribution in [2.24, 2.45) is 0 Å². The molecule has 0 aromatic heterocycles. The molecule has 0 rings (SSSR count). The lowest BCUT2D eigenvalue weighted by Crippen LogP contribution is -2.30. The number of carbonyl (C=O) groups is 3. The van der Waals surface area contributed by atoms with E-state index in [0.717, 1.165) is 109 Å². The Labute approximate surface area is 459 Å². The molecule has 0 aliphatic heterocycles. The van der Waals surface area contributed by atoms with Crippen LogP contribution in [0.3, 0.4) is 0 Å². The number of hydrogen-bond acceptors (Lipinski definition) is 6. The molecule has 0 heterocycles. The number of hydrogen-bond donors (Lipinski definition) is 0. The lowest BCUT2D eigenvalue weighted by molar-refractivity contribution is -0.167. The molecule has 1 atom stereocenters. The van der Waals surface area contributed by atoms with Gasteiger partial charge in [-0.2, -0.15) is 0 Å². The standard InChI is InChI=1S/C68H120O6/c1-4-7-10-13-16-19-22-25-28-31-32-33-34-35-38-40-43-46-49-52-55-58-61-67(70)73-64-65(74-68(71)62-59-56-53-50-47-44-41-37-30-27-24-21-18-15-12-9-6-3)63-72-66(69)60-57-54-51-48-45-42-39-36-29-26-23-20-17-14-11-8-5-2/h8-9,11-12,17-18,20-21,26-27,29-30,65H,4-7,10,13-16,19,22-25,28,31-64H2,1-3H3/b11-8-,12-9-,20-17-,21-18-,29-26-,30-27-. The maximum atomic E-state index is 12.9. The van der Waals surface area contributed by atoms with Gasteiger partial charge in [-0.25, -0.2) is 0 Å². The van der Waals surface area contributed by atoms with Crippen molar-refractivity contribution in [1.82, 2.24) is 0 Å². The Bertz CT molecular complexity index is 1370. The van der Waals surface area contributed by atoms with Crippen LogP contribution < -0.4 is 0 Å². The zero-order chi connectivity index (χ0) is 53.6. The van der Waals surface area contributed by atoms with E-state index in [4.69, 9.17) is 14.2 Å². The van der Waals surface area contributed by atoms with Gasteiger partial charge in [0.1, 0.15) is 13.2 Å². The average molecular weight is 1030 g/mol. The molecule has 6 nitrogen and oxygen atoms in total. The van der Waals surface area contributed by atoms with E-state index in [-0.39, 0.29) is 31.1 Å². The van der Waals surface area contributed by atoms with Crippen LogP contribution in [-0.2, 0) is 28.6 Å². The van der Waals surface area contributed by atoms with Gasteiger partial charge in [0, 0.05) is 19.3 Å². The summed E-state index contributed by atoms with van der Waals surface area (Å²) in [5.41, 5.74) is 0. The first-order valence-electron chi connectivity index (χ1n) is 31.9. The van der Waals surface area contributed by atoms with Gasteiger partial charge in [0.2, 0.25) is 0 Å². The first-order chi connectivity index (χ1) is 36.5. The number of rotatable bonds is 58. The van der Waals surface area contributed by atoms with Crippen molar-refractivity contribution in [3.05, 3.63) is 72.9 Å². The van der Waals surface area contributed by atoms with Gasteiger partial charge in [-0.05, 0) is 83.5 Å². The van der Waals surface area contributed by atoms with Crippen LogP contribution in [0.25, 0.3) is 0 Å². The zero-order valence-corrected chi connectivity index (χ0v) is 49.1. The predicted molar refractivity (Wildman–Crippen MR) is 321 cm³/mol. The van der Waals surface area contributed by atoms with Gasteiger partial charge in [-0.15, -0.1) is 0 Å². The summed E-state index contributed by atoms with van der Waals surface area (Å²) in [6, 6.07) is 0. The SMILES string of the molecule is CC/C=C\C/C=C\C/C=C\CCCCCCCCCC(=O)OCC(COC(=O)CCCCCCCCCCCCCCCCCCCCCCCC)OC(=O)CCCCCCCCC/C=C\C/C=C\C/C=C\CC. The van der Waals surface area contributed by atoms with Gasteiger partial charge in [0.05, 0.1) is 0 Å². The second-order valence-electron chi connectivity index (χ2n) is 21.3. The van der Waals surface area contributed by atoms with E-state index >= 15 is 0 Å². The quantitative estimate of drug-likeness (QED) is 0.0261. The largest absolute Gasteiger partial charge is 0.462 e. The highest BCUT2D eigenvalue weighted by Gasteiger charge is 2.19. The molecule has 0 aromatic carbocycles. The molecule has 428 valence electrons. The first kappa shape index (κ1) is 70.8. The summed E-state index contributed by atoms with van der Waals surface area (Å²) in [6.07, 6.45) is 80.5. The predicted octanol–water partition coefficient (Wildman–Crippen LogP) is 21.7. The van der Waals surface area contributed by atoms with E-state index in [1.54, 1.807) is 0 Å². The molecule has 74 heavy (non-hydrogen) atoms. The van der Waals surface area contributed by atoms with Crippen LogP contribution in [0.5, 0.6) is 0 Å². The molecule has 0 aliphatic rings. The zero-order valence-electron chi connectivity index (χ0n) is 49.1. The summed E-state index contributed by atoms with van der Waals surface area (Å²) in [5, 5.41) is 0. The third-order valence-electron chi connectivity index (χ3n) is 14.0. The summed E-state index contributed by atoms with van der Waals surface area (Å²) < 4.78 is 16.9. The molecule has 6 heteroatoms. The molecule has 0 saturated carbocycles. The summed E-state index contributed by atoms with van der Waals surface area (Å²) in [6.45, 7) is 6.45. The fraction of sp³-hybridized carbons (Fsp3) is 0.779. The molecule has 0 spiro atoms. The molecular weight excluding hydrogens is 913 g/mol. The lowest BCUT2D eigenvalue weighted by atomic mass is 10.0. The Morgan fingerprint density at radius 2 is 0.527 bits per heavy atom. The highest BCUT2D eigenvalue weighted by atomic mass is 16.6. The minimum absolute atomic E-state index is 0.0799. The summed E-state index contributed by atoms with van der Waals surface area (Å²) in [7, 11) is 0. The Morgan fingerprint density at radius 3 is 0.824 bits per heavy atom. The van der Waals surface area contributed by atoms with Crippen LogP contribution in [0.1, 0.15) is 323 Å². The van der Waals surface area contributed by atoms with Crippen molar-refractivity contribution >= 4 is 17.9 Å². The summed E-state index contributed by atoms with van der Waals surface area (Å²) in [4.78, 5) is 38.3. The molecule has 0 aromatic rings. The normalized spacial score (nSPS) is 12.5. The van der Waals surface area contributed by atoms with Crippen molar-refractivity contribution in [2.75, 3.05) is 13.2 Å². The highest BCUT2D eigenvalue weighted by Crippen LogP contribution is 2.17. The molecule has 0 bridgehead atoms. The third kappa shape index (κ3) is 59.7. The van der Waals surface area contributed by atoms with Crippen molar-refractivity contribution in [3.8, 4) is 0 Å². The van der Waals surface area contributed by atoms with Crippen LogP contribution in [0, 0.1) is 0 Å². The van der Waals surface area contributed by atoms with Crippen molar-refractivity contribution in [2.45, 2.75) is 329 Å². The fourth-order valence-corrected chi connectivity index (χ4v) is 9.24. The van der Waals surface area contributed by atoms with Crippen LogP contribution in [-0.4, -0.2) is 37.2 Å². The Kier molecular flexibility index (Phi) is 59.7. The Morgan fingerprint density at radius 1 is 0.284 bits per heavy atom. The number of esters is 3. The van der Waals surface area contributed by atoms with Crippen molar-refractivity contribution in [3.63, 3.8) is 0 Å². The summed E-state index contributed by atoms with van der Waals surface area (Å²) in [5.74, 6) is -0.884. The first-order valence-corrected chi connectivity index (χ1v) is 31.9. The number of unbranched alkanes of at least 4 members (excludes halogenated alkanes) is 35. The van der Waals surface area contributed by atoms with Crippen LogP contribution in [0.4, 0.5) is 0 Å². The fourth-order valence-electron chi connectivity index (χ4n) is 9.24. The maximum Gasteiger partial charge on any atom is 0.306 e. The van der Waals surface area contributed by atoms with E-state index in [1.807, 2.05) is 0 Å². The second kappa shape index (κ2) is 62.4. The van der Waals surface area contributed by atoms with E-state index < -0.39 is 6.10 Å². The van der Waals surface area contributed by atoms with E-state index in [9.17, 15) is 14.4 Å². The Hall–Kier alpha value is -3.15. The number of ether oxygens (including phenoxy) is 3. The van der Waals surface area contributed by atoms with E-state index in [0.29, 0.717) is 19.3 Å². The number of carbonyl (C=O) groups excluding carboxylic acids is 3. The maximum absolute atomic E-state index is 12.9. The van der Waals surface area contributed by atoms with E-state index in [1.165, 1.54) is 173 Å². The third-order valence-corrected chi connectivity index (χ3v) is 14.0. The highest BCUT2D eigenvalue weighted by molar-refractivity contribution is 5.71. The Balaban J connectivity index is 4.34. The van der Waals surface area contributed by atoms with E-state index in [2.05, 4.69) is 93.7 Å². The van der Waals surface area contributed by atoms with Gasteiger partial charge in [-0.1, -0.05) is 293 Å². The molecule has 0 N–H and O–H groups in total. The van der Waals surface area contributed by atoms with Crippen molar-refractivity contribution in [1.29, 1.82) is 0 Å². The minimum Gasteiger partial charge on any atom is -0.462 e. The van der Waals surface area contributed by atoms with Gasteiger partial charge in [-0.3, -0.25) is 14.4 Å². The minimum atomic E-state index is -0.785. The summed E-state index contributed by atoms with van der Waals surface area (Å²) >= 11 is 0. The second-order valence-corrected chi connectivity index (χ2v) is 21.3. The smallest absolute Gasteiger partial charge is 0.306 e. The van der Waals surface area contributed by atoms with Crippen LogP contribution in [0.15, 0.2) is 72.9 Å². The monoisotopic (exact) mass is 1030 g/mol. The number of allylic oxidation sites excluding steroid dienone is 12. The topological polar surface area (TPSA) is 78.9 Å².